The third-order valence-electron chi connectivity index (χ3n) is 4.57. The molecule has 0 aliphatic carbocycles. The largest absolute Gasteiger partial charge is 0.368 e. The van der Waals surface area contributed by atoms with Gasteiger partial charge in [0.1, 0.15) is 17.5 Å². The predicted octanol–water partition coefficient (Wildman–Crippen LogP) is 3.49. The van der Waals surface area contributed by atoms with Gasteiger partial charge < -0.3 is 10.6 Å². The quantitative estimate of drug-likeness (QED) is 0.931. The Morgan fingerprint density at radius 3 is 2.71 bits per heavy atom. The second kappa shape index (κ2) is 7.11. The lowest BCUT2D eigenvalue weighted by Crippen LogP contribution is -2.36. The Morgan fingerprint density at radius 2 is 2.00 bits per heavy atom. The monoisotopic (exact) mass is 332 g/mol. The van der Waals surface area contributed by atoms with Gasteiger partial charge in [-0.1, -0.05) is 6.07 Å². The molecule has 0 unspecified atom stereocenters. The minimum absolute atomic E-state index is 0.191. The Kier molecular flexibility index (Phi) is 4.92. The van der Waals surface area contributed by atoms with Crippen LogP contribution in [0, 0.1) is 24.5 Å². The fourth-order valence-electron chi connectivity index (χ4n) is 3.36. The number of nitrogens with zero attached hydrogens (tertiary/aromatic N) is 3. The Labute approximate surface area is 140 Å². The van der Waals surface area contributed by atoms with Crippen molar-refractivity contribution in [2.24, 2.45) is 5.92 Å². The number of hydrogen-bond donors (Lipinski definition) is 1. The summed E-state index contributed by atoms with van der Waals surface area (Å²) >= 11 is 0. The molecule has 0 spiro atoms. The van der Waals surface area contributed by atoms with Crippen molar-refractivity contribution in [3.63, 3.8) is 0 Å². The Hall–Kier alpha value is -2.24. The van der Waals surface area contributed by atoms with E-state index in [0.29, 0.717) is 12.3 Å². The summed E-state index contributed by atoms with van der Waals surface area (Å²) in [4.78, 5) is 10.6. The molecule has 0 saturated carbocycles. The number of benzene rings is 1. The van der Waals surface area contributed by atoms with Crippen molar-refractivity contribution in [1.82, 2.24) is 9.97 Å². The molecular weight excluding hydrogens is 310 g/mol. The number of hydrogen-bond acceptors (Lipinski definition) is 4. The SMILES string of the molecule is Cc1cc(N2CCC[C@@H](CCc3c(F)cccc3F)C2)nc(N)n1. The van der Waals surface area contributed by atoms with E-state index in [1.165, 1.54) is 18.2 Å². The molecule has 3 rings (SSSR count). The molecule has 128 valence electrons. The first kappa shape index (κ1) is 16.6. The summed E-state index contributed by atoms with van der Waals surface area (Å²) in [6.45, 7) is 3.64. The zero-order valence-electron chi connectivity index (χ0n) is 13.8. The maximum atomic E-state index is 13.8. The van der Waals surface area contributed by atoms with E-state index in [4.69, 9.17) is 5.73 Å². The van der Waals surface area contributed by atoms with E-state index >= 15 is 0 Å². The fourth-order valence-corrected chi connectivity index (χ4v) is 3.36. The summed E-state index contributed by atoms with van der Waals surface area (Å²) < 4.78 is 27.5. The normalized spacial score (nSPS) is 18.0. The number of nitrogen functional groups attached to an aromatic ring is 1. The molecule has 0 bridgehead atoms. The van der Waals surface area contributed by atoms with Crippen molar-refractivity contribution in [3.8, 4) is 0 Å². The first-order valence-corrected chi connectivity index (χ1v) is 8.32. The van der Waals surface area contributed by atoms with Crippen molar-refractivity contribution in [2.75, 3.05) is 23.7 Å². The van der Waals surface area contributed by atoms with Crippen LogP contribution in [0.1, 0.15) is 30.5 Å². The average molecular weight is 332 g/mol. The second-order valence-electron chi connectivity index (χ2n) is 6.42. The highest BCUT2D eigenvalue weighted by Crippen LogP contribution is 2.26. The molecule has 1 aliphatic rings. The van der Waals surface area contributed by atoms with Gasteiger partial charge in [0.25, 0.3) is 0 Å². The summed E-state index contributed by atoms with van der Waals surface area (Å²) in [6.07, 6.45) is 3.27. The highest BCUT2D eigenvalue weighted by Gasteiger charge is 2.22. The highest BCUT2D eigenvalue weighted by atomic mass is 19.1. The first-order valence-electron chi connectivity index (χ1n) is 8.32. The third kappa shape index (κ3) is 3.80. The molecular formula is C18H22F2N4. The third-order valence-corrected chi connectivity index (χ3v) is 4.57. The van der Waals surface area contributed by atoms with Crippen molar-refractivity contribution < 1.29 is 8.78 Å². The zero-order valence-corrected chi connectivity index (χ0v) is 13.8. The van der Waals surface area contributed by atoms with E-state index in [2.05, 4.69) is 14.9 Å². The van der Waals surface area contributed by atoms with Crippen molar-refractivity contribution in [3.05, 3.63) is 47.2 Å². The fraction of sp³-hybridized carbons (Fsp3) is 0.444. The Bertz CT molecular complexity index is 680. The molecule has 0 amide bonds. The zero-order chi connectivity index (χ0) is 17.1. The molecule has 6 heteroatoms. The van der Waals surface area contributed by atoms with Crippen LogP contribution in [-0.4, -0.2) is 23.1 Å². The van der Waals surface area contributed by atoms with Gasteiger partial charge >= 0.3 is 0 Å². The maximum absolute atomic E-state index is 13.8. The van der Waals surface area contributed by atoms with Gasteiger partial charge in [-0.2, -0.15) is 4.98 Å². The van der Waals surface area contributed by atoms with E-state index in [0.717, 1.165) is 43.9 Å². The molecule has 2 N–H and O–H groups in total. The molecule has 2 aromatic rings. The van der Waals surface area contributed by atoms with E-state index < -0.39 is 11.6 Å². The number of halogens is 2. The number of nitrogens with two attached hydrogens (primary N) is 1. The second-order valence-corrected chi connectivity index (χ2v) is 6.42. The maximum Gasteiger partial charge on any atom is 0.222 e. The van der Waals surface area contributed by atoms with Crippen molar-refractivity contribution in [1.29, 1.82) is 0 Å². The standard InChI is InChI=1S/C18H22F2N4/c1-12-10-17(23-18(21)22-12)24-9-3-4-13(11-24)7-8-14-15(19)5-2-6-16(14)20/h2,5-6,10,13H,3-4,7-9,11H2,1H3,(H2,21,22,23)/t13-/m0/s1. The van der Waals surface area contributed by atoms with Crippen molar-refractivity contribution >= 4 is 11.8 Å². The van der Waals surface area contributed by atoms with Gasteiger partial charge in [0.2, 0.25) is 5.95 Å². The lowest BCUT2D eigenvalue weighted by molar-refractivity contribution is 0.385. The highest BCUT2D eigenvalue weighted by molar-refractivity contribution is 5.43. The van der Waals surface area contributed by atoms with Gasteiger partial charge in [0, 0.05) is 30.4 Å². The van der Waals surface area contributed by atoms with Gasteiger partial charge in [-0.05, 0) is 50.7 Å². The van der Waals surface area contributed by atoms with Crippen LogP contribution in [0.5, 0.6) is 0 Å². The van der Waals surface area contributed by atoms with E-state index in [-0.39, 0.29) is 11.5 Å². The van der Waals surface area contributed by atoms with Crippen LogP contribution in [0.2, 0.25) is 0 Å². The molecule has 1 aliphatic heterocycles. The van der Waals surface area contributed by atoms with Crippen LogP contribution in [0.3, 0.4) is 0 Å². The lowest BCUT2D eigenvalue weighted by Gasteiger charge is -2.33. The van der Waals surface area contributed by atoms with Gasteiger partial charge in [-0.25, -0.2) is 13.8 Å². The summed E-state index contributed by atoms with van der Waals surface area (Å²) in [7, 11) is 0. The number of aromatic nitrogens is 2. The molecule has 2 heterocycles. The summed E-state index contributed by atoms with van der Waals surface area (Å²) in [6, 6.07) is 5.96. The van der Waals surface area contributed by atoms with Crippen molar-refractivity contribution in [2.45, 2.75) is 32.6 Å². The average Bonchev–Trinajstić information content (AvgIpc) is 2.54. The van der Waals surface area contributed by atoms with Crippen LogP contribution >= 0.6 is 0 Å². The Morgan fingerprint density at radius 1 is 1.25 bits per heavy atom. The summed E-state index contributed by atoms with van der Waals surface area (Å²) in [5.41, 5.74) is 6.77. The molecule has 0 radical (unpaired) electrons. The van der Waals surface area contributed by atoms with Crippen LogP contribution in [0.25, 0.3) is 0 Å². The lowest BCUT2D eigenvalue weighted by atomic mass is 9.91. The van der Waals surface area contributed by atoms with Gasteiger partial charge in [0.15, 0.2) is 0 Å². The first-order chi connectivity index (χ1) is 11.5. The Balaban J connectivity index is 1.65. The summed E-state index contributed by atoms with van der Waals surface area (Å²) in [5, 5.41) is 0. The minimum Gasteiger partial charge on any atom is -0.368 e. The molecule has 1 fully saturated rings. The molecule has 1 atom stereocenters. The number of piperidine rings is 1. The van der Waals surface area contributed by atoms with Crippen LogP contribution < -0.4 is 10.6 Å². The molecule has 1 aromatic heterocycles. The molecule has 4 nitrogen and oxygen atoms in total. The van der Waals surface area contributed by atoms with Gasteiger partial charge in [0.05, 0.1) is 0 Å². The van der Waals surface area contributed by atoms with Gasteiger partial charge in [-0.15, -0.1) is 0 Å². The number of rotatable bonds is 4. The van der Waals surface area contributed by atoms with Crippen LogP contribution in [0.15, 0.2) is 24.3 Å². The predicted molar refractivity (Wildman–Crippen MR) is 90.8 cm³/mol. The van der Waals surface area contributed by atoms with E-state index in [1.54, 1.807) is 0 Å². The van der Waals surface area contributed by atoms with E-state index in [1.807, 2.05) is 13.0 Å². The van der Waals surface area contributed by atoms with E-state index in [9.17, 15) is 8.78 Å². The minimum atomic E-state index is -0.457. The number of anilines is 2. The van der Waals surface area contributed by atoms with Crippen LogP contribution in [0.4, 0.5) is 20.5 Å². The van der Waals surface area contributed by atoms with Gasteiger partial charge in [-0.3, -0.25) is 0 Å². The number of aryl methyl sites for hydroxylation is 1. The smallest absolute Gasteiger partial charge is 0.222 e. The van der Waals surface area contributed by atoms with Crippen LogP contribution in [-0.2, 0) is 6.42 Å². The topological polar surface area (TPSA) is 55.0 Å². The summed E-state index contributed by atoms with van der Waals surface area (Å²) in [5.74, 6) is 0.584. The molecule has 24 heavy (non-hydrogen) atoms. The molecule has 1 aromatic carbocycles. The molecule has 1 saturated heterocycles.